The van der Waals surface area contributed by atoms with Crippen LogP contribution in [0.3, 0.4) is 0 Å². The summed E-state index contributed by atoms with van der Waals surface area (Å²) in [6.45, 7) is 1.94. The number of amides is 1. The molecule has 1 aromatic heterocycles. The quantitative estimate of drug-likeness (QED) is 0.674. The summed E-state index contributed by atoms with van der Waals surface area (Å²) in [7, 11) is 0. The second-order valence-corrected chi connectivity index (χ2v) is 4.57. The number of hydrogen-bond acceptors (Lipinski definition) is 6. The molecule has 0 bridgehead atoms. The lowest BCUT2D eigenvalue weighted by atomic mass is 10.2. The minimum absolute atomic E-state index is 0.253. The van der Waals surface area contributed by atoms with Crippen LogP contribution in [0.15, 0.2) is 30.3 Å². The van der Waals surface area contributed by atoms with Crippen LogP contribution in [0.2, 0.25) is 0 Å². The van der Waals surface area contributed by atoms with Gasteiger partial charge in [0.15, 0.2) is 5.82 Å². The summed E-state index contributed by atoms with van der Waals surface area (Å²) in [6.07, 6.45) is -0.325. The Morgan fingerprint density at radius 2 is 2.05 bits per heavy atom. The van der Waals surface area contributed by atoms with E-state index in [2.05, 4.69) is 14.7 Å². The van der Waals surface area contributed by atoms with Gasteiger partial charge in [0, 0.05) is 17.1 Å². The molecule has 0 saturated heterocycles. The Morgan fingerprint density at radius 3 is 2.75 bits per heavy atom. The van der Waals surface area contributed by atoms with Crippen LogP contribution < -0.4 is 5.32 Å². The van der Waals surface area contributed by atoms with Crippen molar-refractivity contribution in [1.82, 2.24) is 9.36 Å². The topological polar surface area (TPSA) is 81.2 Å². The van der Waals surface area contributed by atoms with Gasteiger partial charge in [-0.15, -0.1) is 0 Å². The lowest BCUT2D eigenvalue weighted by molar-refractivity contribution is -0.145. The molecule has 1 aromatic carbocycles. The third-order valence-corrected chi connectivity index (χ3v) is 2.95. The van der Waals surface area contributed by atoms with Crippen molar-refractivity contribution < 1.29 is 14.3 Å². The summed E-state index contributed by atoms with van der Waals surface area (Å²) >= 11 is 1.07. The smallest absolute Gasteiger partial charge is 0.315 e. The molecule has 0 radical (unpaired) electrons. The molecular weight excluding hydrogens is 278 g/mol. The highest BCUT2D eigenvalue weighted by molar-refractivity contribution is 7.10. The van der Waals surface area contributed by atoms with Crippen LogP contribution in [0.4, 0.5) is 5.13 Å². The largest absolute Gasteiger partial charge is 0.466 e. The molecule has 7 heteroatoms. The number of aromatic nitrogens is 2. The molecule has 0 aliphatic rings. The van der Waals surface area contributed by atoms with Crippen molar-refractivity contribution >= 4 is 28.5 Å². The molecule has 20 heavy (non-hydrogen) atoms. The van der Waals surface area contributed by atoms with Crippen molar-refractivity contribution in [2.75, 3.05) is 11.9 Å². The van der Waals surface area contributed by atoms with Crippen LogP contribution in [0, 0.1) is 0 Å². The number of carbonyl (C=O) groups is 2. The molecule has 0 aliphatic carbocycles. The fourth-order valence-electron chi connectivity index (χ4n) is 1.49. The molecule has 1 heterocycles. The van der Waals surface area contributed by atoms with Gasteiger partial charge in [0.05, 0.1) is 6.61 Å². The highest BCUT2D eigenvalue weighted by atomic mass is 32.1. The average Bonchev–Trinajstić information content (AvgIpc) is 2.88. The van der Waals surface area contributed by atoms with Gasteiger partial charge < -0.3 is 10.1 Å². The lowest BCUT2D eigenvalue weighted by Gasteiger charge is -2.01. The zero-order chi connectivity index (χ0) is 14.4. The average molecular weight is 291 g/mol. The van der Waals surface area contributed by atoms with Gasteiger partial charge in [-0.1, -0.05) is 30.3 Å². The minimum atomic E-state index is -0.558. The van der Waals surface area contributed by atoms with Gasteiger partial charge in [0.2, 0.25) is 11.0 Å². The van der Waals surface area contributed by atoms with E-state index in [0.717, 1.165) is 17.1 Å². The summed E-state index contributed by atoms with van der Waals surface area (Å²) in [4.78, 5) is 26.9. The van der Waals surface area contributed by atoms with E-state index in [0.29, 0.717) is 11.0 Å². The van der Waals surface area contributed by atoms with Gasteiger partial charge in [0.25, 0.3) is 0 Å². The van der Waals surface area contributed by atoms with Crippen molar-refractivity contribution in [3.05, 3.63) is 30.3 Å². The zero-order valence-corrected chi connectivity index (χ0v) is 11.6. The molecule has 0 saturated carbocycles. The molecule has 0 atom stereocenters. The number of carbonyl (C=O) groups excluding carboxylic acids is 2. The third-order valence-electron chi connectivity index (χ3n) is 2.31. The standard InChI is InChI=1S/C13H13N3O3S/c1-2-19-11(18)8-10(17)14-13-15-12(16-20-13)9-6-4-3-5-7-9/h3-7H,2,8H2,1H3,(H,14,15,16,17). The first-order chi connectivity index (χ1) is 9.69. The highest BCUT2D eigenvalue weighted by Crippen LogP contribution is 2.20. The fourth-order valence-corrected chi connectivity index (χ4v) is 2.09. The molecule has 0 unspecified atom stereocenters. The predicted octanol–water partition coefficient (Wildman–Crippen LogP) is 2.10. The summed E-state index contributed by atoms with van der Waals surface area (Å²) in [5.74, 6) is -0.473. The van der Waals surface area contributed by atoms with Crippen LogP contribution in [0.5, 0.6) is 0 Å². The van der Waals surface area contributed by atoms with Crippen LogP contribution in [0.1, 0.15) is 13.3 Å². The van der Waals surface area contributed by atoms with Gasteiger partial charge in [0.1, 0.15) is 6.42 Å². The number of nitrogens with one attached hydrogen (secondary N) is 1. The summed E-state index contributed by atoms with van der Waals surface area (Å²) in [6, 6.07) is 9.43. The van der Waals surface area contributed by atoms with Crippen LogP contribution in [-0.4, -0.2) is 27.8 Å². The van der Waals surface area contributed by atoms with E-state index in [1.54, 1.807) is 6.92 Å². The Morgan fingerprint density at radius 1 is 1.30 bits per heavy atom. The first kappa shape index (κ1) is 14.1. The number of hydrogen-bond donors (Lipinski definition) is 1. The fraction of sp³-hybridized carbons (Fsp3) is 0.231. The normalized spacial score (nSPS) is 10.1. The SMILES string of the molecule is CCOC(=O)CC(=O)Nc1nc(-c2ccccc2)ns1. The van der Waals surface area contributed by atoms with E-state index >= 15 is 0 Å². The summed E-state index contributed by atoms with van der Waals surface area (Å²) < 4.78 is 8.85. The Hall–Kier alpha value is -2.28. The van der Waals surface area contributed by atoms with Gasteiger partial charge in [-0.05, 0) is 6.92 Å². The monoisotopic (exact) mass is 291 g/mol. The Balaban J connectivity index is 1.96. The van der Waals surface area contributed by atoms with E-state index in [1.165, 1.54) is 0 Å². The van der Waals surface area contributed by atoms with Gasteiger partial charge in [-0.3, -0.25) is 9.59 Å². The maximum Gasteiger partial charge on any atom is 0.315 e. The molecule has 2 aromatic rings. The van der Waals surface area contributed by atoms with E-state index in [-0.39, 0.29) is 13.0 Å². The lowest BCUT2D eigenvalue weighted by Crippen LogP contribution is -2.18. The number of anilines is 1. The van der Waals surface area contributed by atoms with Gasteiger partial charge in [-0.25, -0.2) is 0 Å². The Labute approximate surface area is 120 Å². The molecule has 0 fully saturated rings. The molecule has 1 amide bonds. The van der Waals surface area contributed by atoms with Crippen molar-refractivity contribution in [3.63, 3.8) is 0 Å². The third kappa shape index (κ3) is 3.86. The Bertz CT molecular complexity index is 598. The van der Waals surface area contributed by atoms with E-state index in [1.807, 2.05) is 30.3 Å². The van der Waals surface area contributed by atoms with Gasteiger partial charge in [-0.2, -0.15) is 9.36 Å². The summed E-state index contributed by atoms with van der Waals surface area (Å²) in [5, 5.41) is 2.89. The van der Waals surface area contributed by atoms with Crippen LogP contribution >= 0.6 is 11.5 Å². The number of ether oxygens (including phenoxy) is 1. The molecule has 0 aliphatic heterocycles. The molecule has 2 rings (SSSR count). The molecule has 6 nitrogen and oxygen atoms in total. The maximum atomic E-state index is 11.6. The highest BCUT2D eigenvalue weighted by Gasteiger charge is 2.13. The number of esters is 1. The molecule has 104 valence electrons. The molecule has 1 N–H and O–H groups in total. The van der Waals surface area contributed by atoms with E-state index in [4.69, 9.17) is 4.74 Å². The number of benzene rings is 1. The van der Waals surface area contributed by atoms with Crippen molar-refractivity contribution in [2.24, 2.45) is 0 Å². The van der Waals surface area contributed by atoms with E-state index in [9.17, 15) is 9.59 Å². The second-order valence-electron chi connectivity index (χ2n) is 3.82. The first-order valence-corrected chi connectivity index (χ1v) is 6.81. The summed E-state index contributed by atoms with van der Waals surface area (Å²) in [5.41, 5.74) is 0.870. The van der Waals surface area contributed by atoms with Crippen molar-refractivity contribution in [1.29, 1.82) is 0 Å². The van der Waals surface area contributed by atoms with Crippen LogP contribution in [-0.2, 0) is 14.3 Å². The van der Waals surface area contributed by atoms with E-state index < -0.39 is 11.9 Å². The first-order valence-electron chi connectivity index (χ1n) is 6.03. The van der Waals surface area contributed by atoms with Crippen molar-refractivity contribution in [3.8, 4) is 11.4 Å². The minimum Gasteiger partial charge on any atom is -0.466 e. The second kappa shape index (κ2) is 6.76. The number of rotatable bonds is 5. The predicted molar refractivity (Wildman–Crippen MR) is 75.2 cm³/mol. The Kier molecular flexibility index (Phi) is 4.78. The van der Waals surface area contributed by atoms with Gasteiger partial charge >= 0.3 is 5.97 Å². The van der Waals surface area contributed by atoms with Crippen LogP contribution in [0.25, 0.3) is 11.4 Å². The molecular formula is C13H13N3O3S. The van der Waals surface area contributed by atoms with Crippen molar-refractivity contribution in [2.45, 2.75) is 13.3 Å². The molecule has 0 spiro atoms. The maximum absolute atomic E-state index is 11.6. The number of nitrogens with zero attached hydrogens (tertiary/aromatic N) is 2. The zero-order valence-electron chi connectivity index (χ0n) is 10.8.